The predicted octanol–water partition coefficient (Wildman–Crippen LogP) is 3.84. The van der Waals surface area contributed by atoms with E-state index in [1.807, 2.05) is 0 Å². The zero-order valence-corrected chi connectivity index (χ0v) is 9.61. The summed E-state index contributed by atoms with van der Waals surface area (Å²) in [6, 6.07) is 1.77. The van der Waals surface area contributed by atoms with Crippen LogP contribution in [0.4, 0.5) is 17.6 Å². The molecule has 1 atom stereocenters. The summed E-state index contributed by atoms with van der Waals surface area (Å²) < 4.78 is 51.1. The summed E-state index contributed by atoms with van der Waals surface area (Å²) in [7, 11) is 0. The Morgan fingerprint density at radius 3 is 2.41 bits per heavy atom. The van der Waals surface area contributed by atoms with Gasteiger partial charge in [0, 0.05) is 11.6 Å². The maximum Gasteiger partial charge on any atom is 0.416 e. The summed E-state index contributed by atoms with van der Waals surface area (Å²) in [5.41, 5.74) is 3.96. The van der Waals surface area contributed by atoms with E-state index in [9.17, 15) is 17.6 Å². The summed E-state index contributed by atoms with van der Waals surface area (Å²) in [6.45, 7) is 3.36. The smallest absolute Gasteiger partial charge is 0.324 e. The molecule has 6 heteroatoms. The normalized spacial score (nSPS) is 12.8. The molecule has 0 radical (unpaired) electrons. The zero-order valence-electron chi connectivity index (χ0n) is 8.80. The molecule has 96 valence electrons. The zero-order chi connectivity index (χ0) is 12.3. The molecule has 0 aromatic heterocycles. The van der Waals surface area contributed by atoms with E-state index in [-0.39, 0.29) is 18.8 Å². The molecule has 0 aliphatic rings. The minimum atomic E-state index is -4.60. The van der Waals surface area contributed by atoms with Crippen LogP contribution in [0.3, 0.4) is 0 Å². The Morgan fingerprint density at radius 2 is 1.94 bits per heavy atom. The molecule has 0 bridgehead atoms. The topological polar surface area (TPSA) is 26.0 Å². The van der Waals surface area contributed by atoms with Crippen LogP contribution in [0.5, 0.6) is 0 Å². The highest BCUT2D eigenvalue weighted by Crippen LogP contribution is 2.36. The van der Waals surface area contributed by atoms with Crippen LogP contribution in [-0.2, 0) is 6.18 Å². The summed E-state index contributed by atoms with van der Waals surface area (Å²) >= 11 is 0. The third-order valence-corrected chi connectivity index (χ3v) is 2.15. The van der Waals surface area contributed by atoms with Crippen LogP contribution in [0.15, 0.2) is 30.9 Å². The molecule has 0 aliphatic carbocycles. The van der Waals surface area contributed by atoms with E-state index in [1.165, 1.54) is 6.08 Å². The van der Waals surface area contributed by atoms with Crippen molar-refractivity contribution in [3.05, 3.63) is 47.8 Å². The first-order valence-corrected chi connectivity index (χ1v) is 4.60. The predicted molar refractivity (Wildman–Crippen MR) is 60.4 cm³/mol. The third-order valence-electron chi connectivity index (χ3n) is 2.15. The van der Waals surface area contributed by atoms with Gasteiger partial charge in [-0.25, -0.2) is 4.39 Å². The number of hydrogen-bond donors (Lipinski definition) is 1. The second kappa shape index (κ2) is 6.02. The van der Waals surface area contributed by atoms with E-state index in [0.717, 1.165) is 18.2 Å². The highest BCUT2D eigenvalue weighted by molar-refractivity contribution is 5.85. The maximum absolute atomic E-state index is 13.3. The molecule has 2 N–H and O–H groups in total. The van der Waals surface area contributed by atoms with Gasteiger partial charge < -0.3 is 5.73 Å². The van der Waals surface area contributed by atoms with Crippen molar-refractivity contribution in [3.8, 4) is 0 Å². The lowest BCUT2D eigenvalue weighted by atomic mass is 9.97. The van der Waals surface area contributed by atoms with Crippen molar-refractivity contribution in [2.45, 2.75) is 18.6 Å². The molecule has 0 unspecified atom stereocenters. The number of alkyl halides is 3. The van der Waals surface area contributed by atoms with E-state index in [1.54, 1.807) is 0 Å². The maximum atomic E-state index is 13.3. The highest BCUT2D eigenvalue weighted by atomic mass is 35.5. The molecule has 1 rings (SSSR count). The Bertz CT molecular complexity index is 390. The van der Waals surface area contributed by atoms with Crippen LogP contribution in [0.25, 0.3) is 0 Å². The standard InChI is InChI=1S/C11H11F4N.ClH/c1-2-4-9(16)10-7(11(13,14)15)5-3-6-8(10)12;/h2-3,5-6,9H,1,4,16H2;1H/t9-;/m0./s1. The van der Waals surface area contributed by atoms with Gasteiger partial charge in [0.1, 0.15) is 5.82 Å². The van der Waals surface area contributed by atoms with Crippen molar-refractivity contribution < 1.29 is 17.6 Å². The first kappa shape index (κ1) is 15.9. The van der Waals surface area contributed by atoms with Crippen LogP contribution in [-0.4, -0.2) is 0 Å². The molecule has 17 heavy (non-hydrogen) atoms. The van der Waals surface area contributed by atoms with Gasteiger partial charge in [-0.15, -0.1) is 19.0 Å². The lowest BCUT2D eigenvalue weighted by Crippen LogP contribution is -2.18. The average Bonchev–Trinajstić information content (AvgIpc) is 2.16. The Morgan fingerprint density at radius 1 is 1.35 bits per heavy atom. The van der Waals surface area contributed by atoms with E-state index in [4.69, 9.17) is 5.73 Å². The van der Waals surface area contributed by atoms with Crippen molar-refractivity contribution in [1.82, 2.24) is 0 Å². The molecular weight excluding hydrogens is 258 g/mol. The van der Waals surface area contributed by atoms with Crippen LogP contribution < -0.4 is 5.73 Å². The van der Waals surface area contributed by atoms with Gasteiger partial charge >= 0.3 is 6.18 Å². The molecule has 1 nitrogen and oxygen atoms in total. The number of hydrogen-bond acceptors (Lipinski definition) is 1. The highest BCUT2D eigenvalue weighted by Gasteiger charge is 2.35. The summed E-state index contributed by atoms with van der Waals surface area (Å²) in [5.74, 6) is -0.941. The van der Waals surface area contributed by atoms with Crippen LogP contribution >= 0.6 is 12.4 Å². The van der Waals surface area contributed by atoms with E-state index in [2.05, 4.69) is 6.58 Å². The number of nitrogens with two attached hydrogens (primary N) is 1. The molecule has 0 amide bonds. The summed E-state index contributed by atoms with van der Waals surface area (Å²) in [6.07, 6.45) is -3.16. The molecule has 0 aliphatic heterocycles. The van der Waals surface area contributed by atoms with Crippen molar-refractivity contribution >= 4 is 12.4 Å². The monoisotopic (exact) mass is 269 g/mol. The second-order valence-electron chi connectivity index (χ2n) is 3.33. The van der Waals surface area contributed by atoms with E-state index < -0.39 is 29.2 Å². The number of benzene rings is 1. The summed E-state index contributed by atoms with van der Waals surface area (Å²) in [5, 5.41) is 0. The van der Waals surface area contributed by atoms with Crippen LogP contribution in [0.2, 0.25) is 0 Å². The summed E-state index contributed by atoms with van der Waals surface area (Å²) in [4.78, 5) is 0. The minimum absolute atomic E-state index is 0. The number of rotatable bonds is 3. The molecule has 1 aromatic carbocycles. The van der Waals surface area contributed by atoms with Crippen LogP contribution in [0.1, 0.15) is 23.6 Å². The SMILES string of the molecule is C=CC[C@H](N)c1c(F)cccc1C(F)(F)F.Cl. The van der Waals surface area contributed by atoms with Crippen molar-refractivity contribution in [1.29, 1.82) is 0 Å². The van der Waals surface area contributed by atoms with Gasteiger partial charge in [0.25, 0.3) is 0 Å². The van der Waals surface area contributed by atoms with Gasteiger partial charge in [-0.3, -0.25) is 0 Å². The van der Waals surface area contributed by atoms with Gasteiger partial charge in [0.05, 0.1) is 5.56 Å². The minimum Gasteiger partial charge on any atom is -0.324 e. The quantitative estimate of drug-likeness (QED) is 0.655. The molecule has 0 heterocycles. The lowest BCUT2D eigenvalue weighted by molar-refractivity contribution is -0.138. The van der Waals surface area contributed by atoms with Gasteiger partial charge in [-0.2, -0.15) is 13.2 Å². The molecule has 1 aromatic rings. The first-order chi connectivity index (χ1) is 7.38. The molecular formula is C11H12ClF4N. The molecule has 0 saturated carbocycles. The fraction of sp³-hybridized carbons (Fsp3) is 0.273. The van der Waals surface area contributed by atoms with Crippen molar-refractivity contribution in [2.24, 2.45) is 5.73 Å². The van der Waals surface area contributed by atoms with Crippen LogP contribution in [0, 0.1) is 5.82 Å². The number of halogens is 5. The van der Waals surface area contributed by atoms with Gasteiger partial charge in [0.2, 0.25) is 0 Å². The Labute approximate surface area is 103 Å². The fourth-order valence-electron chi connectivity index (χ4n) is 1.46. The molecule has 0 spiro atoms. The van der Waals surface area contributed by atoms with E-state index in [0.29, 0.717) is 0 Å². The Kier molecular flexibility index (Phi) is 5.64. The average molecular weight is 270 g/mol. The lowest BCUT2D eigenvalue weighted by Gasteiger charge is -2.17. The Balaban J connectivity index is 0.00000256. The Hall–Kier alpha value is -1.07. The van der Waals surface area contributed by atoms with Gasteiger partial charge in [-0.05, 0) is 18.6 Å². The van der Waals surface area contributed by atoms with E-state index >= 15 is 0 Å². The third kappa shape index (κ3) is 3.71. The van der Waals surface area contributed by atoms with Crippen molar-refractivity contribution in [2.75, 3.05) is 0 Å². The largest absolute Gasteiger partial charge is 0.416 e. The van der Waals surface area contributed by atoms with Crippen molar-refractivity contribution in [3.63, 3.8) is 0 Å². The second-order valence-corrected chi connectivity index (χ2v) is 3.33. The fourth-order valence-corrected chi connectivity index (χ4v) is 1.46. The molecule has 0 fully saturated rings. The van der Waals surface area contributed by atoms with Gasteiger partial charge in [0.15, 0.2) is 0 Å². The first-order valence-electron chi connectivity index (χ1n) is 4.60. The molecule has 0 saturated heterocycles. The van der Waals surface area contributed by atoms with Gasteiger partial charge in [-0.1, -0.05) is 12.1 Å².